The lowest BCUT2D eigenvalue weighted by Gasteiger charge is -2.14. The van der Waals surface area contributed by atoms with E-state index in [9.17, 15) is 13.6 Å². The van der Waals surface area contributed by atoms with Crippen LogP contribution in [0.1, 0.15) is 30.6 Å². The van der Waals surface area contributed by atoms with Crippen molar-refractivity contribution < 1.29 is 13.6 Å². The number of imidazole rings is 1. The zero-order valence-corrected chi connectivity index (χ0v) is 18.3. The highest BCUT2D eigenvalue weighted by atomic mass is 19.2. The van der Waals surface area contributed by atoms with E-state index in [0.29, 0.717) is 42.6 Å². The van der Waals surface area contributed by atoms with Gasteiger partial charge in [-0.3, -0.25) is 4.79 Å². The fourth-order valence-corrected chi connectivity index (χ4v) is 4.23. The van der Waals surface area contributed by atoms with E-state index in [0.717, 1.165) is 0 Å². The van der Waals surface area contributed by atoms with Crippen molar-refractivity contribution in [2.45, 2.75) is 25.9 Å². The molecule has 0 radical (unpaired) electrons. The SMILES string of the molecule is C=CC(=O)N1CCC(n2nc(C#Cc3cc4ncn(CC)c4c(F)c3F)c3c(N)ncnc32)C1. The molecule has 9 nitrogen and oxygen atoms in total. The number of aryl methyl sites for hydroxylation is 1. The lowest BCUT2D eigenvalue weighted by Crippen LogP contribution is -2.27. The first kappa shape index (κ1) is 21.5. The summed E-state index contributed by atoms with van der Waals surface area (Å²) in [7, 11) is 0. The average molecular weight is 462 g/mol. The van der Waals surface area contributed by atoms with Gasteiger partial charge in [-0.2, -0.15) is 5.10 Å². The molecule has 1 aliphatic heterocycles. The predicted octanol–water partition coefficient (Wildman–Crippen LogP) is 2.42. The van der Waals surface area contributed by atoms with Crippen molar-refractivity contribution in [1.82, 2.24) is 34.2 Å². The van der Waals surface area contributed by atoms with Crippen LogP contribution >= 0.6 is 0 Å². The molecule has 0 bridgehead atoms. The van der Waals surface area contributed by atoms with Crippen LogP contribution in [0.15, 0.2) is 31.4 Å². The first-order valence-electron chi connectivity index (χ1n) is 10.7. The normalized spacial score (nSPS) is 15.6. The number of likely N-dealkylation sites (tertiary alicyclic amines) is 1. The number of nitrogen functional groups attached to an aromatic ring is 1. The van der Waals surface area contributed by atoms with Crippen LogP contribution in [0.4, 0.5) is 14.6 Å². The van der Waals surface area contributed by atoms with Gasteiger partial charge in [0, 0.05) is 19.6 Å². The van der Waals surface area contributed by atoms with Gasteiger partial charge in [-0.05, 0) is 31.4 Å². The lowest BCUT2D eigenvalue weighted by molar-refractivity contribution is -0.125. The Bertz CT molecular complexity index is 1530. The summed E-state index contributed by atoms with van der Waals surface area (Å²) in [6, 6.07) is 1.25. The first-order valence-corrected chi connectivity index (χ1v) is 10.7. The third-order valence-electron chi connectivity index (χ3n) is 5.95. The number of amides is 1. The molecule has 4 heterocycles. The molecule has 0 spiro atoms. The van der Waals surface area contributed by atoms with E-state index in [-0.39, 0.29) is 34.5 Å². The Morgan fingerprint density at radius 2 is 2.12 bits per heavy atom. The quantitative estimate of drug-likeness (QED) is 0.370. The second kappa shape index (κ2) is 8.22. The predicted molar refractivity (Wildman–Crippen MR) is 121 cm³/mol. The Hall–Kier alpha value is -4.33. The number of halogens is 2. The number of hydrogen-bond donors (Lipinski definition) is 1. The Labute approximate surface area is 192 Å². The second-order valence-corrected chi connectivity index (χ2v) is 7.88. The first-order chi connectivity index (χ1) is 16.4. The number of rotatable bonds is 3. The number of hydrogen-bond acceptors (Lipinski definition) is 6. The molecule has 1 fully saturated rings. The molecule has 0 aliphatic carbocycles. The van der Waals surface area contributed by atoms with E-state index in [4.69, 9.17) is 5.73 Å². The molecule has 1 saturated heterocycles. The van der Waals surface area contributed by atoms with Gasteiger partial charge in [0.25, 0.3) is 0 Å². The second-order valence-electron chi connectivity index (χ2n) is 7.88. The van der Waals surface area contributed by atoms with Crippen molar-refractivity contribution in [3.05, 3.63) is 54.3 Å². The van der Waals surface area contributed by atoms with Crippen LogP contribution in [0.5, 0.6) is 0 Å². The van der Waals surface area contributed by atoms with Crippen molar-refractivity contribution in [3.63, 3.8) is 0 Å². The number of nitrogens with two attached hydrogens (primary N) is 1. The minimum atomic E-state index is -1.06. The molecule has 5 rings (SSSR count). The largest absolute Gasteiger partial charge is 0.383 e. The summed E-state index contributed by atoms with van der Waals surface area (Å²) in [5.41, 5.74) is 7.03. The highest BCUT2D eigenvalue weighted by Crippen LogP contribution is 2.29. The number of nitrogens with zero attached hydrogens (tertiary/aromatic N) is 7. The molecule has 172 valence electrons. The summed E-state index contributed by atoms with van der Waals surface area (Å²) in [5, 5.41) is 4.98. The zero-order chi connectivity index (χ0) is 24.0. The third-order valence-corrected chi connectivity index (χ3v) is 5.95. The van der Waals surface area contributed by atoms with E-state index >= 15 is 0 Å². The summed E-state index contributed by atoms with van der Waals surface area (Å²) in [6.45, 7) is 6.77. The Balaban J connectivity index is 1.59. The number of anilines is 1. The van der Waals surface area contributed by atoms with E-state index in [1.807, 2.05) is 6.92 Å². The molecule has 3 aromatic heterocycles. The maximum Gasteiger partial charge on any atom is 0.246 e. The van der Waals surface area contributed by atoms with Crippen molar-refractivity contribution in [1.29, 1.82) is 0 Å². The molecular weight excluding hydrogens is 442 g/mol. The summed E-state index contributed by atoms with van der Waals surface area (Å²) < 4.78 is 32.7. The average Bonchev–Trinajstić information content (AvgIpc) is 3.57. The maximum atomic E-state index is 14.8. The van der Waals surface area contributed by atoms with Gasteiger partial charge in [-0.1, -0.05) is 12.5 Å². The molecule has 1 unspecified atom stereocenters. The number of carbonyl (C=O) groups is 1. The molecule has 2 N–H and O–H groups in total. The minimum absolute atomic E-state index is 0.0952. The topological polar surface area (TPSA) is 108 Å². The van der Waals surface area contributed by atoms with Crippen LogP contribution in [-0.4, -0.2) is 53.2 Å². The van der Waals surface area contributed by atoms with E-state index in [2.05, 4.69) is 38.5 Å². The van der Waals surface area contributed by atoms with Gasteiger partial charge in [-0.15, -0.1) is 0 Å². The van der Waals surface area contributed by atoms with Crippen molar-refractivity contribution in [3.8, 4) is 11.8 Å². The molecule has 4 aromatic rings. The molecule has 1 aromatic carbocycles. The number of fused-ring (bicyclic) bond motifs is 2. The van der Waals surface area contributed by atoms with E-state index in [1.165, 1.54) is 29.4 Å². The van der Waals surface area contributed by atoms with Crippen molar-refractivity contribution in [2.75, 3.05) is 18.8 Å². The van der Waals surface area contributed by atoms with Gasteiger partial charge in [0.05, 0.1) is 28.8 Å². The minimum Gasteiger partial charge on any atom is -0.383 e. The van der Waals surface area contributed by atoms with Gasteiger partial charge in [0.15, 0.2) is 17.3 Å². The smallest absolute Gasteiger partial charge is 0.246 e. The molecule has 1 atom stereocenters. The summed E-state index contributed by atoms with van der Waals surface area (Å²) in [6.07, 6.45) is 4.71. The van der Waals surface area contributed by atoms with Gasteiger partial charge in [0.2, 0.25) is 5.91 Å². The highest BCUT2D eigenvalue weighted by Gasteiger charge is 2.29. The summed E-state index contributed by atoms with van der Waals surface area (Å²) in [5.74, 6) is 3.42. The van der Waals surface area contributed by atoms with E-state index in [1.54, 1.807) is 9.58 Å². The van der Waals surface area contributed by atoms with Gasteiger partial charge in [-0.25, -0.2) is 28.4 Å². The monoisotopic (exact) mass is 462 g/mol. The number of aromatic nitrogens is 6. The fraction of sp³-hybridized carbons (Fsp3) is 0.261. The molecule has 0 saturated carbocycles. The summed E-state index contributed by atoms with van der Waals surface area (Å²) >= 11 is 0. The zero-order valence-electron chi connectivity index (χ0n) is 18.3. The van der Waals surface area contributed by atoms with Crippen LogP contribution in [0, 0.1) is 23.5 Å². The standard InChI is InChI=1S/C23H20F2N8O/c1-3-17(34)32-8-7-14(10-32)33-23-18(22(26)27-11-28-23)15(30-33)6-5-13-9-16-21(20(25)19(13)24)31(4-2)12-29-16/h3,9,11-12,14H,1,4,7-8,10H2,2H3,(H2,26,27,28). The number of carbonyl (C=O) groups excluding carboxylic acids is 1. The molecule has 1 amide bonds. The van der Waals surface area contributed by atoms with Crippen molar-refractivity contribution in [2.24, 2.45) is 0 Å². The molecule has 11 heteroatoms. The van der Waals surface area contributed by atoms with E-state index < -0.39 is 11.6 Å². The third kappa shape index (κ3) is 3.35. The van der Waals surface area contributed by atoms with Crippen molar-refractivity contribution >= 4 is 33.8 Å². The van der Waals surface area contributed by atoms with Crippen LogP contribution in [0.3, 0.4) is 0 Å². The maximum absolute atomic E-state index is 14.8. The van der Waals surface area contributed by atoms with Gasteiger partial charge in [0.1, 0.15) is 23.4 Å². The molecule has 34 heavy (non-hydrogen) atoms. The molecular formula is C23H20F2N8O. The highest BCUT2D eigenvalue weighted by molar-refractivity contribution is 5.91. The van der Waals surface area contributed by atoms with Crippen LogP contribution in [0.25, 0.3) is 22.1 Å². The lowest BCUT2D eigenvalue weighted by atomic mass is 10.1. The Morgan fingerprint density at radius 3 is 2.88 bits per heavy atom. The van der Waals surface area contributed by atoms with Crippen LogP contribution < -0.4 is 5.73 Å². The van der Waals surface area contributed by atoms with Crippen LogP contribution in [0.2, 0.25) is 0 Å². The summed E-state index contributed by atoms with van der Waals surface area (Å²) in [4.78, 5) is 26.1. The van der Waals surface area contributed by atoms with Gasteiger partial charge < -0.3 is 15.2 Å². The fourth-order valence-electron chi connectivity index (χ4n) is 4.23. The number of benzene rings is 1. The Kier molecular flexibility index (Phi) is 5.20. The Morgan fingerprint density at radius 1 is 1.29 bits per heavy atom. The molecule has 1 aliphatic rings. The van der Waals surface area contributed by atoms with Crippen LogP contribution in [-0.2, 0) is 11.3 Å². The van der Waals surface area contributed by atoms with Gasteiger partial charge >= 0.3 is 0 Å².